The Hall–Kier alpha value is -1.09. The Balaban J connectivity index is 2.74. The Labute approximate surface area is 86.3 Å². The number of rotatable bonds is 1. The van der Waals surface area contributed by atoms with Gasteiger partial charge in [-0.3, -0.25) is 0 Å². The first-order valence-corrected chi connectivity index (χ1v) is 4.79. The van der Waals surface area contributed by atoms with E-state index in [4.69, 9.17) is 11.6 Å². The first-order chi connectivity index (χ1) is 6.59. The Morgan fingerprint density at radius 3 is 2.86 bits per heavy atom. The van der Waals surface area contributed by atoms with Crippen molar-refractivity contribution in [1.82, 2.24) is 9.55 Å². The predicted molar refractivity (Wildman–Crippen MR) is 54.9 cm³/mol. The van der Waals surface area contributed by atoms with Gasteiger partial charge in [-0.2, -0.15) is 0 Å². The quantitative estimate of drug-likeness (QED) is 0.665. The molecule has 0 N–H and O–H groups in total. The summed E-state index contributed by atoms with van der Waals surface area (Å²) < 4.78 is 14.8. The fourth-order valence-corrected chi connectivity index (χ4v) is 1.73. The van der Waals surface area contributed by atoms with Crippen LogP contribution in [0.5, 0.6) is 0 Å². The van der Waals surface area contributed by atoms with E-state index in [9.17, 15) is 4.39 Å². The number of alkyl halides is 1. The van der Waals surface area contributed by atoms with E-state index >= 15 is 0 Å². The van der Waals surface area contributed by atoms with Gasteiger partial charge in [0.2, 0.25) is 0 Å². The fraction of sp³-hybridized carbons (Fsp3) is 0.300. The number of fused-ring (bicyclic) bond motifs is 1. The summed E-state index contributed by atoms with van der Waals surface area (Å²) in [6, 6.07) is 4.52. The van der Waals surface area contributed by atoms with Gasteiger partial charge in [0.1, 0.15) is 11.6 Å². The molecule has 0 spiro atoms. The number of imidazole rings is 1. The van der Waals surface area contributed by atoms with Crippen molar-refractivity contribution >= 4 is 22.6 Å². The van der Waals surface area contributed by atoms with Crippen molar-refractivity contribution in [3.05, 3.63) is 29.8 Å². The van der Waals surface area contributed by atoms with Crippen molar-refractivity contribution < 1.29 is 4.39 Å². The number of halogens is 2. The maximum absolute atomic E-state index is 13.0. The van der Waals surface area contributed by atoms with Gasteiger partial charge >= 0.3 is 0 Å². The Kier molecular flexibility index (Phi) is 2.19. The first kappa shape index (κ1) is 9.46. The molecule has 1 aromatic carbocycles. The van der Waals surface area contributed by atoms with Gasteiger partial charge in [-0.15, -0.1) is 11.6 Å². The third-order valence-corrected chi connectivity index (χ3v) is 2.43. The Bertz CT molecular complexity index is 476. The average molecular weight is 213 g/mol. The highest BCUT2D eigenvalue weighted by molar-refractivity contribution is 6.20. The molecule has 4 heteroatoms. The number of aromatic nitrogens is 2. The van der Waals surface area contributed by atoms with Crippen LogP contribution < -0.4 is 0 Å². The molecule has 2 aromatic rings. The van der Waals surface area contributed by atoms with Crippen molar-refractivity contribution in [2.24, 2.45) is 7.05 Å². The minimum absolute atomic E-state index is 0.171. The topological polar surface area (TPSA) is 17.8 Å². The monoisotopic (exact) mass is 212 g/mol. The maximum atomic E-state index is 13.0. The number of nitrogens with zero attached hydrogens (tertiary/aromatic N) is 2. The molecule has 1 heterocycles. The lowest BCUT2D eigenvalue weighted by Gasteiger charge is -2.02. The van der Waals surface area contributed by atoms with Gasteiger partial charge in [0.25, 0.3) is 0 Å². The second-order valence-electron chi connectivity index (χ2n) is 3.28. The molecule has 74 valence electrons. The van der Waals surface area contributed by atoms with Crippen LogP contribution >= 0.6 is 11.6 Å². The van der Waals surface area contributed by atoms with Crippen molar-refractivity contribution in [2.75, 3.05) is 0 Å². The molecule has 0 saturated carbocycles. The lowest BCUT2D eigenvalue weighted by atomic mass is 10.3. The van der Waals surface area contributed by atoms with Crippen LogP contribution in [0.3, 0.4) is 0 Å². The summed E-state index contributed by atoms with van der Waals surface area (Å²) in [5.74, 6) is 0.501. The van der Waals surface area contributed by atoms with Crippen LogP contribution in [0, 0.1) is 5.82 Å². The molecular weight excluding hydrogens is 203 g/mol. The lowest BCUT2D eigenvalue weighted by Crippen LogP contribution is -1.97. The third-order valence-electron chi connectivity index (χ3n) is 2.23. The minimum atomic E-state index is -0.255. The Morgan fingerprint density at radius 2 is 2.21 bits per heavy atom. The normalized spacial score (nSPS) is 13.4. The second-order valence-corrected chi connectivity index (χ2v) is 3.93. The van der Waals surface area contributed by atoms with Gasteiger partial charge < -0.3 is 4.57 Å². The average Bonchev–Trinajstić information content (AvgIpc) is 2.44. The summed E-state index contributed by atoms with van der Waals surface area (Å²) in [6.45, 7) is 1.85. The molecule has 14 heavy (non-hydrogen) atoms. The summed E-state index contributed by atoms with van der Waals surface area (Å²) >= 11 is 5.94. The zero-order valence-corrected chi connectivity index (χ0v) is 8.72. The molecule has 1 unspecified atom stereocenters. The molecule has 1 aromatic heterocycles. The van der Waals surface area contributed by atoms with Crippen molar-refractivity contribution in [1.29, 1.82) is 0 Å². The van der Waals surface area contributed by atoms with E-state index < -0.39 is 0 Å². The third kappa shape index (κ3) is 1.38. The standard InChI is InChI=1S/C10H10ClFN2/c1-6(11)10-13-8-4-3-7(12)5-9(8)14(10)2/h3-6H,1-2H3. The van der Waals surface area contributed by atoms with E-state index in [1.807, 2.05) is 18.5 Å². The fourth-order valence-electron chi connectivity index (χ4n) is 1.54. The van der Waals surface area contributed by atoms with Crippen LogP contribution in [0.1, 0.15) is 18.1 Å². The smallest absolute Gasteiger partial charge is 0.127 e. The molecule has 0 fully saturated rings. The summed E-state index contributed by atoms with van der Waals surface area (Å²) in [5, 5.41) is -0.171. The predicted octanol–water partition coefficient (Wildman–Crippen LogP) is 3.01. The van der Waals surface area contributed by atoms with Gasteiger partial charge in [0.15, 0.2) is 0 Å². The number of hydrogen-bond acceptors (Lipinski definition) is 1. The molecule has 1 atom stereocenters. The zero-order chi connectivity index (χ0) is 10.3. The molecule has 2 nitrogen and oxygen atoms in total. The lowest BCUT2D eigenvalue weighted by molar-refractivity contribution is 0.628. The van der Waals surface area contributed by atoms with Gasteiger partial charge in [-0.25, -0.2) is 9.37 Å². The molecule has 0 radical (unpaired) electrons. The number of benzene rings is 1. The van der Waals surface area contributed by atoms with Gasteiger partial charge in [0, 0.05) is 7.05 Å². The van der Waals surface area contributed by atoms with Crippen molar-refractivity contribution in [3.63, 3.8) is 0 Å². The Morgan fingerprint density at radius 1 is 1.50 bits per heavy atom. The summed E-state index contributed by atoms with van der Waals surface area (Å²) in [7, 11) is 1.84. The molecule has 0 aliphatic carbocycles. The largest absolute Gasteiger partial charge is 0.330 e. The minimum Gasteiger partial charge on any atom is -0.330 e. The van der Waals surface area contributed by atoms with Crippen LogP contribution in [0.2, 0.25) is 0 Å². The highest BCUT2D eigenvalue weighted by Crippen LogP contribution is 2.23. The van der Waals surface area contributed by atoms with Gasteiger partial charge in [0.05, 0.1) is 16.4 Å². The van der Waals surface area contributed by atoms with E-state index in [-0.39, 0.29) is 11.2 Å². The van der Waals surface area contributed by atoms with E-state index in [0.29, 0.717) is 0 Å². The highest BCUT2D eigenvalue weighted by atomic mass is 35.5. The molecule has 0 saturated heterocycles. The van der Waals surface area contributed by atoms with Crippen LogP contribution in [-0.2, 0) is 7.05 Å². The number of hydrogen-bond donors (Lipinski definition) is 0. The van der Waals surface area contributed by atoms with Crippen LogP contribution in [-0.4, -0.2) is 9.55 Å². The zero-order valence-electron chi connectivity index (χ0n) is 7.96. The van der Waals surface area contributed by atoms with E-state index in [0.717, 1.165) is 16.9 Å². The van der Waals surface area contributed by atoms with Crippen molar-refractivity contribution in [3.8, 4) is 0 Å². The second kappa shape index (κ2) is 3.24. The van der Waals surface area contributed by atoms with Crippen molar-refractivity contribution in [2.45, 2.75) is 12.3 Å². The van der Waals surface area contributed by atoms with Gasteiger partial charge in [-0.05, 0) is 25.1 Å². The SMILES string of the molecule is CC(Cl)c1nc2ccc(F)cc2n1C. The summed E-state index contributed by atoms with van der Waals surface area (Å²) in [5.41, 5.74) is 1.55. The molecule has 0 amide bonds. The number of aryl methyl sites for hydroxylation is 1. The van der Waals surface area contributed by atoms with E-state index in [1.165, 1.54) is 12.1 Å². The van der Waals surface area contributed by atoms with Crippen LogP contribution in [0.15, 0.2) is 18.2 Å². The molecule has 0 aliphatic rings. The van der Waals surface area contributed by atoms with E-state index in [2.05, 4.69) is 4.98 Å². The van der Waals surface area contributed by atoms with Crippen LogP contribution in [0.25, 0.3) is 11.0 Å². The molecule has 0 bridgehead atoms. The van der Waals surface area contributed by atoms with Crippen LogP contribution in [0.4, 0.5) is 4.39 Å². The van der Waals surface area contributed by atoms with Gasteiger partial charge in [-0.1, -0.05) is 0 Å². The molecule has 0 aliphatic heterocycles. The van der Waals surface area contributed by atoms with E-state index in [1.54, 1.807) is 6.07 Å². The molecule has 2 rings (SSSR count). The molecular formula is C10H10ClFN2. The summed E-state index contributed by atoms with van der Waals surface area (Å²) in [4.78, 5) is 4.32. The summed E-state index contributed by atoms with van der Waals surface area (Å²) in [6.07, 6.45) is 0. The maximum Gasteiger partial charge on any atom is 0.127 e. The first-order valence-electron chi connectivity index (χ1n) is 4.35. The highest BCUT2D eigenvalue weighted by Gasteiger charge is 2.12.